The molecule has 1 atom stereocenters. The highest BCUT2D eigenvalue weighted by Crippen LogP contribution is 2.39. The second kappa shape index (κ2) is 8.20. The van der Waals surface area contributed by atoms with E-state index in [4.69, 9.17) is 5.10 Å². The van der Waals surface area contributed by atoms with Crippen molar-refractivity contribution in [3.05, 3.63) is 64.5 Å². The minimum Gasteiger partial charge on any atom is -0.310 e. The molecule has 190 valence electrons. The second-order valence-corrected chi connectivity index (χ2v) is 9.61. The standard InChI is InChI=1S/C26H25F2N7O2/c1-13-9-16(10-14(2)23(13)27)35-25(22-15(3)29-8-7-18(22)31-35)34-21(36)12-33(26(34)37)20-6-5-19-17(24(20)28)11-30-32(19)4/h5-6,9-11,15,29H,7-8,12H2,1-4H3/t15-/m0/s1. The fourth-order valence-electron chi connectivity index (χ4n) is 5.33. The average molecular weight is 506 g/mol. The Kier molecular flexibility index (Phi) is 5.16. The van der Waals surface area contributed by atoms with Crippen LogP contribution in [0.1, 0.15) is 35.3 Å². The highest BCUT2D eigenvalue weighted by atomic mass is 19.1. The first kappa shape index (κ1) is 23.3. The molecule has 2 aliphatic rings. The lowest BCUT2D eigenvalue weighted by molar-refractivity contribution is -0.115. The summed E-state index contributed by atoms with van der Waals surface area (Å²) in [6, 6.07) is 5.57. The molecule has 1 saturated heterocycles. The van der Waals surface area contributed by atoms with E-state index in [1.165, 1.54) is 21.6 Å². The molecule has 0 bridgehead atoms. The zero-order valence-corrected chi connectivity index (χ0v) is 20.8. The van der Waals surface area contributed by atoms with Crippen LogP contribution in [0.5, 0.6) is 0 Å². The number of fused-ring (bicyclic) bond motifs is 2. The largest absolute Gasteiger partial charge is 0.337 e. The molecular weight excluding hydrogens is 480 g/mol. The van der Waals surface area contributed by atoms with Gasteiger partial charge in [-0.3, -0.25) is 14.4 Å². The lowest BCUT2D eigenvalue weighted by Gasteiger charge is -2.24. The summed E-state index contributed by atoms with van der Waals surface area (Å²) in [7, 11) is 1.70. The second-order valence-electron chi connectivity index (χ2n) is 9.61. The summed E-state index contributed by atoms with van der Waals surface area (Å²) >= 11 is 0. The van der Waals surface area contributed by atoms with Gasteiger partial charge in [-0.1, -0.05) is 0 Å². The number of anilines is 2. The number of nitrogens with one attached hydrogen (secondary N) is 1. The molecule has 2 aliphatic heterocycles. The van der Waals surface area contributed by atoms with E-state index in [1.54, 1.807) is 39.1 Å². The van der Waals surface area contributed by atoms with Gasteiger partial charge in [0.05, 0.1) is 34.2 Å². The summed E-state index contributed by atoms with van der Waals surface area (Å²) in [5.74, 6) is -1.16. The Labute approximate surface area is 211 Å². The minimum atomic E-state index is -0.676. The number of hydrogen-bond acceptors (Lipinski definition) is 5. The number of carbonyl (C=O) groups excluding carboxylic acids is 2. The van der Waals surface area contributed by atoms with Crippen molar-refractivity contribution in [1.82, 2.24) is 24.9 Å². The lowest BCUT2D eigenvalue weighted by atomic mass is 10.0. The molecule has 2 aromatic heterocycles. The molecule has 11 heteroatoms. The molecular formula is C26H25F2N7O2. The van der Waals surface area contributed by atoms with Crippen molar-refractivity contribution in [2.45, 2.75) is 33.2 Å². The summed E-state index contributed by atoms with van der Waals surface area (Å²) in [5.41, 5.74) is 3.43. The smallest absolute Gasteiger partial charge is 0.310 e. The summed E-state index contributed by atoms with van der Waals surface area (Å²) in [6.07, 6.45) is 2.00. The molecule has 2 aromatic carbocycles. The Bertz CT molecular complexity index is 1600. The third kappa shape index (κ3) is 3.37. The summed E-state index contributed by atoms with van der Waals surface area (Å²) < 4.78 is 33.0. The van der Waals surface area contributed by atoms with Crippen LogP contribution in [-0.2, 0) is 18.3 Å². The van der Waals surface area contributed by atoms with E-state index in [1.807, 2.05) is 6.92 Å². The van der Waals surface area contributed by atoms with Crippen LogP contribution < -0.4 is 15.1 Å². The van der Waals surface area contributed by atoms with Crippen LogP contribution in [-0.4, -0.2) is 44.6 Å². The average Bonchev–Trinajstić information content (AvgIpc) is 3.51. The number of imide groups is 1. The summed E-state index contributed by atoms with van der Waals surface area (Å²) in [6.45, 7) is 5.61. The van der Waals surface area contributed by atoms with Crippen molar-refractivity contribution in [2.24, 2.45) is 7.05 Å². The Morgan fingerprint density at radius 3 is 2.54 bits per heavy atom. The summed E-state index contributed by atoms with van der Waals surface area (Å²) in [4.78, 5) is 29.4. The number of benzene rings is 2. The van der Waals surface area contributed by atoms with Crippen LogP contribution in [0.4, 0.5) is 25.1 Å². The Morgan fingerprint density at radius 1 is 1.08 bits per heavy atom. The van der Waals surface area contributed by atoms with Crippen LogP contribution in [0.3, 0.4) is 0 Å². The normalized spacial score (nSPS) is 17.8. The highest BCUT2D eigenvalue weighted by Gasteiger charge is 2.44. The van der Waals surface area contributed by atoms with Crippen LogP contribution in [0.25, 0.3) is 16.6 Å². The Hall–Kier alpha value is -4.12. The van der Waals surface area contributed by atoms with Crippen molar-refractivity contribution >= 4 is 34.3 Å². The maximum Gasteiger partial charge on any atom is 0.337 e. The van der Waals surface area contributed by atoms with Gasteiger partial charge in [-0.05, 0) is 56.2 Å². The van der Waals surface area contributed by atoms with Crippen LogP contribution in [0.2, 0.25) is 0 Å². The number of amides is 3. The van der Waals surface area contributed by atoms with Gasteiger partial charge in [0.15, 0.2) is 11.6 Å². The Morgan fingerprint density at radius 2 is 1.81 bits per heavy atom. The first-order chi connectivity index (χ1) is 17.7. The molecule has 4 aromatic rings. The number of nitrogens with zero attached hydrogens (tertiary/aromatic N) is 6. The third-order valence-corrected chi connectivity index (χ3v) is 7.20. The third-order valence-electron chi connectivity index (χ3n) is 7.20. The molecule has 0 radical (unpaired) electrons. The van der Waals surface area contributed by atoms with E-state index in [9.17, 15) is 14.0 Å². The molecule has 37 heavy (non-hydrogen) atoms. The predicted molar refractivity (Wildman–Crippen MR) is 134 cm³/mol. The van der Waals surface area contributed by atoms with Gasteiger partial charge < -0.3 is 5.32 Å². The van der Waals surface area contributed by atoms with E-state index in [0.717, 1.165) is 21.1 Å². The van der Waals surface area contributed by atoms with Crippen molar-refractivity contribution in [3.8, 4) is 5.69 Å². The van der Waals surface area contributed by atoms with Gasteiger partial charge in [0, 0.05) is 31.6 Å². The number of carbonyl (C=O) groups is 2. The van der Waals surface area contributed by atoms with Gasteiger partial charge in [0.1, 0.15) is 12.4 Å². The van der Waals surface area contributed by atoms with Crippen molar-refractivity contribution in [2.75, 3.05) is 22.9 Å². The van der Waals surface area contributed by atoms with Gasteiger partial charge in [-0.15, -0.1) is 0 Å². The van der Waals surface area contributed by atoms with Gasteiger partial charge >= 0.3 is 6.03 Å². The van der Waals surface area contributed by atoms with Crippen LogP contribution in [0.15, 0.2) is 30.5 Å². The maximum absolute atomic E-state index is 15.5. The molecule has 0 aliphatic carbocycles. The van der Waals surface area contributed by atoms with Crippen LogP contribution >= 0.6 is 0 Å². The van der Waals surface area contributed by atoms with Crippen molar-refractivity contribution < 1.29 is 18.4 Å². The fraction of sp³-hybridized carbons (Fsp3) is 0.308. The molecule has 6 rings (SSSR count). The zero-order valence-electron chi connectivity index (χ0n) is 20.8. The lowest BCUT2D eigenvalue weighted by Crippen LogP contribution is -2.37. The number of aryl methyl sites for hydroxylation is 3. The fourth-order valence-corrected chi connectivity index (χ4v) is 5.33. The molecule has 0 spiro atoms. The van der Waals surface area contributed by atoms with Gasteiger partial charge in [-0.25, -0.2) is 23.2 Å². The van der Waals surface area contributed by atoms with Gasteiger partial charge in [0.2, 0.25) is 0 Å². The van der Waals surface area contributed by atoms with Gasteiger partial charge in [-0.2, -0.15) is 10.2 Å². The predicted octanol–water partition coefficient (Wildman–Crippen LogP) is 3.83. The maximum atomic E-state index is 15.5. The van der Waals surface area contributed by atoms with E-state index in [0.29, 0.717) is 41.1 Å². The van der Waals surface area contributed by atoms with E-state index >= 15 is 4.39 Å². The van der Waals surface area contributed by atoms with E-state index in [2.05, 4.69) is 10.4 Å². The quantitative estimate of drug-likeness (QED) is 0.428. The molecule has 1 fully saturated rings. The Balaban J connectivity index is 1.51. The molecule has 4 heterocycles. The molecule has 0 saturated carbocycles. The zero-order chi connectivity index (χ0) is 26.2. The molecule has 9 nitrogen and oxygen atoms in total. The SMILES string of the molecule is Cc1cc(-n2nc3c(c2N2C(=O)CN(c4ccc5c(cnn5C)c4F)C2=O)[C@H](C)NCC3)cc(C)c1F. The first-order valence-electron chi connectivity index (χ1n) is 12.0. The van der Waals surface area contributed by atoms with Crippen molar-refractivity contribution in [1.29, 1.82) is 0 Å². The van der Waals surface area contributed by atoms with Crippen molar-refractivity contribution in [3.63, 3.8) is 0 Å². The summed E-state index contributed by atoms with van der Waals surface area (Å²) in [5, 5.41) is 12.5. The number of halogens is 2. The first-order valence-corrected chi connectivity index (χ1v) is 12.0. The molecule has 0 unspecified atom stereocenters. The molecule has 1 N–H and O–H groups in total. The van der Waals surface area contributed by atoms with E-state index in [-0.39, 0.29) is 29.5 Å². The van der Waals surface area contributed by atoms with Gasteiger partial charge in [0.25, 0.3) is 5.91 Å². The minimum absolute atomic E-state index is 0.000859. The number of rotatable bonds is 3. The monoisotopic (exact) mass is 505 g/mol. The van der Waals surface area contributed by atoms with E-state index < -0.39 is 17.8 Å². The number of urea groups is 1. The number of hydrogen-bond donors (Lipinski definition) is 1. The topological polar surface area (TPSA) is 88.3 Å². The number of aromatic nitrogens is 4. The highest BCUT2D eigenvalue weighted by molar-refractivity contribution is 6.27. The molecule has 3 amide bonds. The van der Waals surface area contributed by atoms with Crippen LogP contribution in [0, 0.1) is 25.5 Å².